The van der Waals surface area contributed by atoms with Crippen molar-refractivity contribution in [1.82, 2.24) is 8.85 Å². The highest BCUT2D eigenvalue weighted by molar-refractivity contribution is 14.1. The van der Waals surface area contributed by atoms with Gasteiger partial charge in [0.1, 0.15) is 0 Å². The molecule has 0 aliphatic rings. The number of hydrogen-bond acceptors (Lipinski definition) is 2. The van der Waals surface area contributed by atoms with Gasteiger partial charge in [0.15, 0.2) is 0 Å². The minimum atomic E-state index is -0.212. The van der Waals surface area contributed by atoms with Gasteiger partial charge in [-0.2, -0.15) is 0 Å². The number of rotatable bonds is 2. The molecule has 5 heteroatoms. The van der Waals surface area contributed by atoms with Gasteiger partial charge in [0.2, 0.25) is 0 Å². The van der Waals surface area contributed by atoms with Crippen LogP contribution >= 0.6 is 22.9 Å². The van der Waals surface area contributed by atoms with Crippen LogP contribution in [-0.4, -0.2) is 18.9 Å². The Kier molecular flexibility index (Phi) is 3.87. The molecule has 1 aromatic carbocycles. The summed E-state index contributed by atoms with van der Waals surface area (Å²) in [7, 11) is 1.55. The van der Waals surface area contributed by atoms with Crippen LogP contribution in [0, 0.1) is 0 Å². The fraction of sp³-hybridized carbons (Fsp3) is 0.111. The first kappa shape index (κ1) is 11.0. The Balaban J connectivity index is 3.01. The van der Waals surface area contributed by atoms with Crippen molar-refractivity contribution in [3.63, 3.8) is 0 Å². The molecule has 0 radical (unpaired) electrons. The fourth-order valence-electron chi connectivity index (χ4n) is 1.00. The van der Waals surface area contributed by atoms with Gasteiger partial charge in [-0.15, -0.1) is 0 Å². The van der Waals surface area contributed by atoms with Gasteiger partial charge < -0.3 is 5.32 Å². The smallest absolute Gasteiger partial charge is 0.259 e. The average molecular weight is 304 g/mol. The molecule has 1 aromatic rings. The molecule has 0 saturated carbocycles. The van der Waals surface area contributed by atoms with Crippen molar-refractivity contribution in [2.45, 2.75) is 0 Å². The zero-order valence-electron chi connectivity index (χ0n) is 7.50. The van der Waals surface area contributed by atoms with Crippen molar-refractivity contribution in [3.8, 4) is 0 Å². The van der Waals surface area contributed by atoms with E-state index in [4.69, 9.17) is 0 Å². The van der Waals surface area contributed by atoms with Gasteiger partial charge >= 0.3 is 0 Å². The molecule has 2 N–H and O–H groups in total. The molecule has 0 unspecified atom stereocenters. The lowest BCUT2D eigenvalue weighted by molar-refractivity contribution is 0.0963. The first-order valence-electron chi connectivity index (χ1n) is 3.92. The van der Waals surface area contributed by atoms with Gasteiger partial charge in [-0.3, -0.25) is 13.1 Å². The molecule has 0 aliphatic heterocycles. The molecule has 14 heavy (non-hydrogen) atoms. The van der Waals surface area contributed by atoms with E-state index >= 15 is 0 Å². The van der Waals surface area contributed by atoms with Gasteiger partial charge in [-0.1, -0.05) is 6.07 Å². The molecule has 0 saturated heterocycles. The number of nitrogens with one attached hydrogen (secondary N) is 2. The van der Waals surface area contributed by atoms with Crippen LogP contribution in [0.4, 0.5) is 0 Å². The van der Waals surface area contributed by atoms with E-state index in [0.717, 1.165) is 0 Å². The third kappa shape index (κ3) is 2.44. The number of hydrogen-bond donors (Lipinski definition) is 2. The maximum atomic E-state index is 11.2. The van der Waals surface area contributed by atoms with Crippen LogP contribution in [-0.2, 0) is 0 Å². The molecule has 0 aliphatic carbocycles. The fourth-order valence-corrected chi connectivity index (χ4v) is 1.31. The second kappa shape index (κ2) is 4.94. The van der Waals surface area contributed by atoms with Gasteiger partial charge in [0, 0.05) is 18.2 Å². The SMILES string of the molecule is CNC(=O)c1cccc(C(=O)NI)c1. The van der Waals surface area contributed by atoms with Crippen molar-refractivity contribution >= 4 is 34.7 Å². The van der Waals surface area contributed by atoms with Crippen molar-refractivity contribution in [2.75, 3.05) is 7.05 Å². The Morgan fingerprint density at radius 1 is 1.21 bits per heavy atom. The predicted molar refractivity (Wildman–Crippen MR) is 61.3 cm³/mol. The van der Waals surface area contributed by atoms with Crippen LogP contribution in [0.2, 0.25) is 0 Å². The molecule has 0 aromatic heterocycles. The standard InChI is InChI=1S/C9H9IN2O2/c1-11-8(13)6-3-2-4-7(5-6)9(14)12-10/h2-5H,1H3,(H,11,13)(H,12,14). The summed E-state index contributed by atoms with van der Waals surface area (Å²) in [6, 6.07) is 6.53. The van der Waals surface area contributed by atoms with Crippen LogP contribution in [0.5, 0.6) is 0 Å². The summed E-state index contributed by atoms with van der Waals surface area (Å²) in [4.78, 5) is 22.5. The second-order valence-corrected chi connectivity index (χ2v) is 3.12. The molecule has 0 atom stereocenters. The predicted octanol–water partition coefficient (Wildman–Crippen LogP) is 1.13. The Morgan fingerprint density at radius 2 is 1.79 bits per heavy atom. The first-order chi connectivity index (χ1) is 6.69. The molecular formula is C9H9IN2O2. The van der Waals surface area contributed by atoms with Crippen molar-refractivity contribution in [2.24, 2.45) is 0 Å². The highest BCUT2D eigenvalue weighted by Gasteiger charge is 2.07. The molecule has 74 valence electrons. The topological polar surface area (TPSA) is 58.2 Å². The average Bonchev–Trinajstić information content (AvgIpc) is 2.27. The van der Waals surface area contributed by atoms with Gasteiger partial charge in [0.25, 0.3) is 11.8 Å². The van der Waals surface area contributed by atoms with Crippen LogP contribution in [0.25, 0.3) is 0 Å². The van der Waals surface area contributed by atoms with E-state index in [1.807, 2.05) is 0 Å². The van der Waals surface area contributed by atoms with Crippen molar-refractivity contribution < 1.29 is 9.59 Å². The third-order valence-corrected chi connectivity index (χ3v) is 2.19. The number of halogens is 1. The number of carbonyl (C=O) groups excluding carboxylic acids is 2. The molecule has 1 rings (SSSR count). The van der Waals surface area contributed by atoms with Crippen LogP contribution in [0.1, 0.15) is 20.7 Å². The molecule has 0 spiro atoms. The van der Waals surface area contributed by atoms with E-state index in [2.05, 4.69) is 8.85 Å². The molecule has 4 nitrogen and oxygen atoms in total. The van der Waals surface area contributed by atoms with Crippen LogP contribution in [0.15, 0.2) is 24.3 Å². The molecular weight excluding hydrogens is 295 g/mol. The van der Waals surface area contributed by atoms with Crippen molar-refractivity contribution in [3.05, 3.63) is 35.4 Å². The summed E-state index contributed by atoms with van der Waals surface area (Å²) in [5, 5.41) is 2.49. The highest BCUT2D eigenvalue weighted by Crippen LogP contribution is 2.05. The molecule has 0 fully saturated rings. The summed E-state index contributed by atoms with van der Waals surface area (Å²) >= 11 is 1.76. The molecule has 0 bridgehead atoms. The van der Waals surface area contributed by atoms with E-state index in [9.17, 15) is 9.59 Å². The van der Waals surface area contributed by atoms with Crippen molar-refractivity contribution in [1.29, 1.82) is 0 Å². The lowest BCUT2D eigenvalue weighted by atomic mass is 10.1. The maximum absolute atomic E-state index is 11.2. The Hall–Kier alpha value is -1.11. The summed E-state index contributed by atoms with van der Waals surface area (Å²) < 4.78 is 2.46. The zero-order chi connectivity index (χ0) is 10.6. The highest BCUT2D eigenvalue weighted by atomic mass is 127. The summed E-state index contributed by atoms with van der Waals surface area (Å²) in [6.45, 7) is 0. The second-order valence-electron chi connectivity index (χ2n) is 2.58. The maximum Gasteiger partial charge on any atom is 0.259 e. The van der Waals surface area contributed by atoms with Crippen LogP contribution in [0.3, 0.4) is 0 Å². The monoisotopic (exact) mass is 304 g/mol. The summed E-state index contributed by atoms with van der Waals surface area (Å²) in [5.74, 6) is -0.413. The summed E-state index contributed by atoms with van der Waals surface area (Å²) in [6.07, 6.45) is 0. The van der Waals surface area contributed by atoms with E-state index < -0.39 is 0 Å². The zero-order valence-corrected chi connectivity index (χ0v) is 9.66. The molecule has 0 heterocycles. The quantitative estimate of drug-likeness (QED) is 0.635. The number of benzene rings is 1. The minimum Gasteiger partial charge on any atom is -0.355 e. The largest absolute Gasteiger partial charge is 0.355 e. The van der Waals surface area contributed by atoms with Gasteiger partial charge in [0.05, 0.1) is 22.9 Å². The van der Waals surface area contributed by atoms with E-state index in [1.54, 1.807) is 54.2 Å². The normalized spacial score (nSPS) is 9.29. The van der Waals surface area contributed by atoms with Gasteiger partial charge in [-0.25, -0.2) is 0 Å². The number of amides is 2. The molecule has 2 amide bonds. The van der Waals surface area contributed by atoms with E-state index in [-0.39, 0.29) is 11.8 Å². The first-order valence-corrected chi connectivity index (χ1v) is 5.00. The van der Waals surface area contributed by atoms with Gasteiger partial charge in [-0.05, 0) is 18.2 Å². The van der Waals surface area contributed by atoms with E-state index in [1.165, 1.54) is 0 Å². The Labute approximate surface area is 95.6 Å². The lowest BCUT2D eigenvalue weighted by Crippen LogP contribution is -2.19. The Bertz CT molecular complexity index is 334. The third-order valence-electron chi connectivity index (χ3n) is 1.70. The number of carbonyl (C=O) groups is 2. The van der Waals surface area contributed by atoms with Crippen LogP contribution < -0.4 is 8.85 Å². The lowest BCUT2D eigenvalue weighted by Gasteiger charge is -2.02. The minimum absolute atomic E-state index is 0.201. The Morgan fingerprint density at radius 3 is 2.29 bits per heavy atom. The van der Waals surface area contributed by atoms with E-state index in [0.29, 0.717) is 11.1 Å². The summed E-state index contributed by atoms with van der Waals surface area (Å²) in [5.41, 5.74) is 0.950.